The number of halogens is 1. The molecule has 0 radical (unpaired) electrons. The van der Waals surface area contributed by atoms with E-state index < -0.39 is 11.8 Å². The molecule has 0 saturated heterocycles. The zero-order valence-corrected chi connectivity index (χ0v) is 9.86. The number of methoxy groups -OCH3 is 1. The molecule has 0 spiro atoms. The highest BCUT2D eigenvalue weighted by Crippen LogP contribution is 2.14. The molecule has 2 rings (SSSR count). The van der Waals surface area contributed by atoms with E-state index in [9.17, 15) is 14.0 Å². The lowest BCUT2D eigenvalue weighted by Crippen LogP contribution is -2.15. The third-order valence-electron chi connectivity index (χ3n) is 2.46. The lowest BCUT2D eigenvalue weighted by molar-refractivity contribution is 0.0600. The van der Waals surface area contributed by atoms with Crippen molar-refractivity contribution in [1.29, 1.82) is 0 Å². The van der Waals surface area contributed by atoms with Crippen LogP contribution in [0.5, 0.6) is 0 Å². The first-order valence-electron chi connectivity index (χ1n) is 5.20. The van der Waals surface area contributed by atoms with Crippen LogP contribution < -0.4 is 5.56 Å². The first-order chi connectivity index (χ1) is 8.52. The molecule has 18 heavy (non-hydrogen) atoms. The molecule has 1 heterocycles. The van der Waals surface area contributed by atoms with Crippen LogP contribution in [0.2, 0.25) is 0 Å². The standard InChI is InChI=1S/C12H11FN2O3/c1-7-5-11(16)15(14-7)10-4-3-8(6-9(10)13)12(17)18-2/h3-6,14H,1-2H3. The fourth-order valence-electron chi connectivity index (χ4n) is 1.63. The van der Waals surface area contributed by atoms with Crippen molar-refractivity contribution in [1.82, 2.24) is 9.78 Å². The second-order valence-electron chi connectivity index (χ2n) is 3.77. The van der Waals surface area contributed by atoms with E-state index in [1.165, 1.54) is 25.3 Å². The molecule has 0 saturated carbocycles. The summed E-state index contributed by atoms with van der Waals surface area (Å²) in [7, 11) is 1.22. The smallest absolute Gasteiger partial charge is 0.337 e. The van der Waals surface area contributed by atoms with Crippen LogP contribution in [0.25, 0.3) is 5.69 Å². The van der Waals surface area contributed by atoms with Gasteiger partial charge in [0.25, 0.3) is 5.56 Å². The number of carbonyl (C=O) groups is 1. The maximum atomic E-state index is 13.8. The van der Waals surface area contributed by atoms with Crippen LogP contribution in [0.3, 0.4) is 0 Å². The molecule has 0 aliphatic heterocycles. The molecule has 0 aliphatic carbocycles. The lowest BCUT2D eigenvalue weighted by Gasteiger charge is -2.05. The number of benzene rings is 1. The molecular weight excluding hydrogens is 239 g/mol. The highest BCUT2D eigenvalue weighted by molar-refractivity contribution is 5.89. The normalized spacial score (nSPS) is 10.4. The highest BCUT2D eigenvalue weighted by Gasteiger charge is 2.12. The summed E-state index contributed by atoms with van der Waals surface area (Å²) in [6, 6.07) is 5.13. The number of esters is 1. The summed E-state index contributed by atoms with van der Waals surface area (Å²) in [4.78, 5) is 22.8. The Morgan fingerprint density at radius 1 is 1.39 bits per heavy atom. The summed E-state index contributed by atoms with van der Waals surface area (Å²) in [5, 5.41) is 2.71. The number of carbonyl (C=O) groups excluding carboxylic acids is 1. The number of ether oxygens (including phenoxy) is 1. The van der Waals surface area contributed by atoms with Crippen LogP contribution >= 0.6 is 0 Å². The number of hydrogen-bond donors (Lipinski definition) is 1. The van der Waals surface area contributed by atoms with Crippen molar-refractivity contribution in [3.8, 4) is 5.69 Å². The van der Waals surface area contributed by atoms with Gasteiger partial charge in [0.1, 0.15) is 11.5 Å². The van der Waals surface area contributed by atoms with E-state index >= 15 is 0 Å². The Morgan fingerprint density at radius 3 is 2.61 bits per heavy atom. The van der Waals surface area contributed by atoms with Gasteiger partial charge in [-0.05, 0) is 25.1 Å². The van der Waals surface area contributed by atoms with Gasteiger partial charge in [-0.2, -0.15) is 0 Å². The van der Waals surface area contributed by atoms with Crippen LogP contribution in [0.1, 0.15) is 16.1 Å². The molecule has 0 fully saturated rings. The number of hydrogen-bond acceptors (Lipinski definition) is 3. The third kappa shape index (κ3) is 2.04. The number of H-pyrrole nitrogens is 1. The number of nitrogens with zero attached hydrogens (tertiary/aromatic N) is 1. The Balaban J connectivity index is 2.51. The van der Waals surface area contributed by atoms with Crippen molar-refractivity contribution in [3.05, 3.63) is 51.7 Å². The van der Waals surface area contributed by atoms with Crippen molar-refractivity contribution >= 4 is 5.97 Å². The minimum absolute atomic E-state index is 0.0563. The fourth-order valence-corrected chi connectivity index (χ4v) is 1.63. The molecule has 1 aromatic carbocycles. The molecule has 5 nitrogen and oxygen atoms in total. The first-order valence-corrected chi connectivity index (χ1v) is 5.20. The Hall–Kier alpha value is -2.37. The van der Waals surface area contributed by atoms with Crippen LogP contribution in [0.15, 0.2) is 29.1 Å². The lowest BCUT2D eigenvalue weighted by atomic mass is 10.2. The summed E-state index contributed by atoms with van der Waals surface area (Å²) in [5.74, 6) is -1.31. The van der Waals surface area contributed by atoms with Crippen molar-refractivity contribution in [2.45, 2.75) is 6.92 Å². The van der Waals surface area contributed by atoms with E-state index in [2.05, 4.69) is 9.84 Å². The number of aryl methyl sites for hydroxylation is 1. The Morgan fingerprint density at radius 2 is 2.11 bits per heavy atom. The minimum Gasteiger partial charge on any atom is -0.465 e. The van der Waals surface area contributed by atoms with Gasteiger partial charge < -0.3 is 4.74 Å². The average molecular weight is 250 g/mol. The summed E-state index contributed by atoms with van der Waals surface area (Å²) in [6.45, 7) is 1.69. The van der Waals surface area contributed by atoms with Gasteiger partial charge in [-0.1, -0.05) is 0 Å². The van der Waals surface area contributed by atoms with Crippen LogP contribution in [-0.2, 0) is 4.74 Å². The van der Waals surface area contributed by atoms with Crippen molar-refractivity contribution in [3.63, 3.8) is 0 Å². The van der Waals surface area contributed by atoms with E-state index in [0.29, 0.717) is 5.69 Å². The van der Waals surface area contributed by atoms with E-state index in [4.69, 9.17) is 0 Å². The Bertz CT molecular complexity index is 658. The number of aromatic nitrogens is 2. The Labute approximate surface area is 102 Å². The van der Waals surface area contributed by atoms with Gasteiger partial charge in [0.15, 0.2) is 0 Å². The number of rotatable bonds is 2. The van der Waals surface area contributed by atoms with Gasteiger partial charge in [0.2, 0.25) is 0 Å². The zero-order chi connectivity index (χ0) is 13.3. The predicted octanol–water partition coefficient (Wildman–Crippen LogP) is 1.40. The molecule has 0 unspecified atom stereocenters. The number of nitrogens with one attached hydrogen (secondary N) is 1. The largest absolute Gasteiger partial charge is 0.465 e. The van der Waals surface area contributed by atoms with E-state index in [0.717, 1.165) is 10.7 Å². The van der Waals surface area contributed by atoms with Gasteiger partial charge >= 0.3 is 5.97 Å². The van der Waals surface area contributed by atoms with E-state index in [1.807, 2.05) is 0 Å². The van der Waals surface area contributed by atoms with Crippen LogP contribution in [0, 0.1) is 12.7 Å². The van der Waals surface area contributed by atoms with Gasteiger partial charge in [-0.3, -0.25) is 9.89 Å². The second-order valence-corrected chi connectivity index (χ2v) is 3.77. The molecule has 0 aliphatic rings. The van der Waals surface area contributed by atoms with Gasteiger partial charge in [0, 0.05) is 11.8 Å². The highest BCUT2D eigenvalue weighted by atomic mass is 19.1. The quantitative estimate of drug-likeness (QED) is 0.819. The van der Waals surface area contributed by atoms with E-state index in [-0.39, 0.29) is 16.8 Å². The Kier molecular flexibility index (Phi) is 3.01. The summed E-state index contributed by atoms with van der Waals surface area (Å²) in [5.41, 5.74) is 0.407. The second kappa shape index (κ2) is 4.48. The van der Waals surface area contributed by atoms with Gasteiger partial charge in [-0.25, -0.2) is 13.9 Å². The molecule has 1 N–H and O–H groups in total. The fraction of sp³-hybridized carbons (Fsp3) is 0.167. The van der Waals surface area contributed by atoms with Gasteiger partial charge in [-0.15, -0.1) is 0 Å². The molecule has 0 amide bonds. The van der Waals surface area contributed by atoms with Crippen molar-refractivity contribution < 1.29 is 13.9 Å². The van der Waals surface area contributed by atoms with E-state index in [1.54, 1.807) is 6.92 Å². The zero-order valence-electron chi connectivity index (χ0n) is 9.86. The summed E-state index contributed by atoms with van der Waals surface area (Å²) < 4.78 is 19.4. The topological polar surface area (TPSA) is 64.1 Å². The third-order valence-corrected chi connectivity index (χ3v) is 2.46. The van der Waals surface area contributed by atoms with Gasteiger partial charge in [0.05, 0.1) is 12.7 Å². The van der Waals surface area contributed by atoms with Crippen LogP contribution in [0.4, 0.5) is 4.39 Å². The maximum absolute atomic E-state index is 13.8. The number of aromatic amines is 1. The SMILES string of the molecule is COC(=O)c1ccc(-n2[nH]c(C)cc2=O)c(F)c1. The molecule has 94 valence electrons. The summed E-state index contributed by atoms with van der Waals surface area (Å²) >= 11 is 0. The molecule has 2 aromatic rings. The predicted molar refractivity (Wildman–Crippen MR) is 62.4 cm³/mol. The molecule has 6 heteroatoms. The maximum Gasteiger partial charge on any atom is 0.337 e. The minimum atomic E-state index is -0.679. The van der Waals surface area contributed by atoms with Crippen molar-refractivity contribution in [2.75, 3.05) is 7.11 Å². The molecule has 0 bridgehead atoms. The first kappa shape index (κ1) is 12.1. The average Bonchev–Trinajstić information content (AvgIpc) is 2.67. The summed E-state index contributed by atoms with van der Waals surface area (Å²) in [6.07, 6.45) is 0. The molecule has 0 atom stereocenters. The van der Waals surface area contributed by atoms with Crippen LogP contribution in [-0.4, -0.2) is 22.9 Å². The monoisotopic (exact) mass is 250 g/mol. The molecular formula is C12H11FN2O3. The van der Waals surface area contributed by atoms with Crippen molar-refractivity contribution in [2.24, 2.45) is 0 Å². The molecule has 1 aromatic heterocycles.